The normalized spacial score (nSPS) is 10.6. The van der Waals surface area contributed by atoms with Crippen molar-refractivity contribution in [2.75, 3.05) is 0 Å². The lowest BCUT2D eigenvalue weighted by atomic mass is 10.1. The van der Waals surface area contributed by atoms with Crippen molar-refractivity contribution in [1.29, 1.82) is 0 Å². The van der Waals surface area contributed by atoms with Gasteiger partial charge in [0.25, 0.3) is 5.91 Å². The van der Waals surface area contributed by atoms with E-state index in [9.17, 15) is 4.79 Å². The molecule has 0 fully saturated rings. The molecule has 2 aromatic heterocycles. The molecule has 5 heteroatoms. The van der Waals surface area contributed by atoms with Crippen molar-refractivity contribution in [2.24, 2.45) is 0 Å². The van der Waals surface area contributed by atoms with E-state index in [4.69, 9.17) is 4.42 Å². The fourth-order valence-corrected chi connectivity index (χ4v) is 1.60. The van der Waals surface area contributed by atoms with Crippen LogP contribution >= 0.6 is 0 Å². The first-order valence-corrected chi connectivity index (χ1v) is 5.79. The van der Waals surface area contributed by atoms with Gasteiger partial charge in [-0.25, -0.2) is 4.98 Å². The minimum absolute atomic E-state index is 0.155. The number of aromatic nitrogens is 2. The molecule has 18 heavy (non-hydrogen) atoms. The van der Waals surface area contributed by atoms with Gasteiger partial charge in [0, 0.05) is 18.9 Å². The molecule has 0 unspecified atom stereocenters. The lowest BCUT2D eigenvalue weighted by Crippen LogP contribution is -2.23. The van der Waals surface area contributed by atoms with E-state index in [1.165, 1.54) is 6.39 Å². The molecule has 0 atom stereocenters. The third-order valence-electron chi connectivity index (χ3n) is 2.52. The Morgan fingerprint density at radius 3 is 3.00 bits per heavy atom. The number of nitrogens with one attached hydrogen (secondary N) is 1. The van der Waals surface area contributed by atoms with Crippen LogP contribution in [0.3, 0.4) is 0 Å². The first-order valence-electron chi connectivity index (χ1n) is 5.79. The molecule has 0 aliphatic carbocycles. The van der Waals surface area contributed by atoms with E-state index in [0.29, 0.717) is 12.2 Å². The van der Waals surface area contributed by atoms with Crippen LogP contribution in [-0.2, 0) is 6.54 Å². The molecule has 2 aromatic rings. The molecule has 1 amide bonds. The molecule has 1 N–H and O–H groups in total. The Hall–Kier alpha value is -2.17. The van der Waals surface area contributed by atoms with Crippen molar-refractivity contribution in [2.45, 2.75) is 26.3 Å². The van der Waals surface area contributed by atoms with Crippen molar-refractivity contribution in [3.8, 4) is 0 Å². The molecule has 94 valence electrons. The van der Waals surface area contributed by atoms with E-state index in [0.717, 1.165) is 5.56 Å². The van der Waals surface area contributed by atoms with E-state index < -0.39 is 0 Å². The smallest absolute Gasteiger partial charge is 0.289 e. The zero-order valence-corrected chi connectivity index (χ0v) is 10.4. The van der Waals surface area contributed by atoms with Crippen molar-refractivity contribution in [3.63, 3.8) is 0 Å². The molecule has 0 spiro atoms. The number of nitrogens with zero attached hydrogens (tertiary/aromatic N) is 2. The van der Waals surface area contributed by atoms with Crippen LogP contribution in [0.5, 0.6) is 0 Å². The third-order valence-corrected chi connectivity index (χ3v) is 2.52. The largest absolute Gasteiger partial charge is 0.438 e. The summed E-state index contributed by atoms with van der Waals surface area (Å²) in [6.07, 6.45) is 4.71. The molecular weight excluding hydrogens is 230 g/mol. The maximum atomic E-state index is 11.9. The van der Waals surface area contributed by atoms with Crippen LogP contribution in [-0.4, -0.2) is 15.9 Å². The summed E-state index contributed by atoms with van der Waals surface area (Å²) in [5.41, 5.74) is 1.62. The van der Waals surface area contributed by atoms with Gasteiger partial charge in [-0.3, -0.25) is 9.78 Å². The summed E-state index contributed by atoms with van der Waals surface area (Å²) < 4.78 is 5.14. The summed E-state index contributed by atoms with van der Waals surface area (Å²) in [7, 11) is 0. The standard InChI is InChI=1S/C13H15N3O2/c1-9(2)11-12(18-8-16-11)13(17)15-7-10-4-3-5-14-6-10/h3-6,8-9H,7H2,1-2H3,(H,15,17). The number of hydrogen-bond acceptors (Lipinski definition) is 4. The van der Waals surface area contributed by atoms with Gasteiger partial charge < -0.3 is 9.73 Å². The highest BCUT2D eigenvalue weighted by Crippen LogP contribution is 2.17. The number of oxazole rings is 1. The van der Waals surface area contributed by atoms with Crippen LogP contribution in [0.1, 0.15) is 41.6 Å². The minimum atomic E-state index is -0.250. The Bertz CT molecular complexity index is 520. The Balaban J connectivity index is 2.02. The number of carbonyl (C=O) groups excluding carboxylic acids is 1. The third kappa shape index (κ3) is 2.74. The van der Waals surface area contributed by atoms with Crippen molar-refractivity contribution < 1.29 is 9.21 Å². The Kier molecular flexibility index (Phi) is 3.72. The maximum absolute atomic E-state index is 11.9. The van der Waals surface area contributed by atoms with E-state index >= 15 is 0 Å². The number of pyridine rings is 1. The molecule has 5 nitrogen and oxygen atoms in total. The molecule has 0 bridgehead atoms. The summed E-state index contributed by atoms with van der Waals surface area (Å²) >= 11 is 0. The van der Waals surface area contributed by atoms with Crippen LogP contribution in [0.2, 0.25) is 0 Å². The molecule has 0 aromatic carbocycles. The first kappa shape index (κ1) is 12.3. The quantitative estimate of drug-likeness (QED) is 0.895. The van der Waals surface area contributed by atoms with Crippen LogP contribution in [0, 0.1) is 0 Å². The second-order valence-corrected chi connectivity index (χ2v) is 4.27. The zero-order chi connectivity index (χ0) is 13.0. The van der Waals surface area contributed by atoms with Crippen LogP contribution in [0.25, 0.3) is 0 Å². The highest BCUT2D eigenvalue weighted by Gasteiger charge is 2.18. The number of carbonyl (C=O) groups is 1. The molecule has 0 aliphatic heterocycles. The summed E-state index contributed by atoms with van der Waals surface area (Å²) in [6, 6.07) is 3.73. The fourth-order valence-electron chi connectivity index (χ4n) is 1.60. The van der Waals surface area contributed by atoms with Gasteiger partial charge in [0.05, 0.1) is 5.69 Å². The van der Waals surface area contributed by atoms with E-state index in [-0.39, 0.29) is 17.6 Å². The summed E-state index contributed by atoms with van der Waals surface area (Å²) in [6.45, 7) is 4.36. The van der Waals surface area contributed by atoms with Gasteiger partial charge in [0.2, 0.25) is 5.76 Å². The predicted molar refractivity (Wildman–Crippen MR) is 66.0 cm³/mol. The van der Waals surface area contributed by atoms with Crippen molar-refractivity contribution in [1.82, 2.24) is 15.3 Å². The predicted octanol–water partition coefficient (Wildman–Crippen LogP) is 2.12. The van der Waals surface area contributed by atoms with Gasteiger partial charge >= 0.3 is 0 Å². The number of rotatable bonds is 4. The summed E-state index contributed by atoms with van der Waals surface area (Å²) in [5.74, 6) is 0.192. The maximum Gasteiger partial charge on any atom is 0.289 e. The molecule has 2 heterocycles. The summed E-state index contributed by atoms with van der Waals surface area (Å²) in [4.78, 5) is 20.0. The van der Waals surface area contributed by atoms with Gasteiger partial charge in [-0.1, -0.05) is 19.9 Å². The Morgan fingerprint density at radius 2 is 2.33 bits per heavy atom. The van der Waals surface area contributed by atoms with Gasteiger partial charge in [-0.2, -0.15) is 0 Å². The van der Waals surface area contributed by atoms with E-state index in [1.807, 2.05) is 26.0 Å². The molecule has 0 saturated carbocycles. The van der Waals surface area contributed by atoms with Gasteiger partial charge in [0.15, 0.2) is 6.39 Å². The van der Waals surface area contributed by atoms with Crippen molar-refractivity contribution in [3.05, 3.63) is 47.9 Å². The van der Waals surface area contributed by atoms with E-state index in [2.05, 4.69) is 15.3 Å². The Morgan fingerprint density at radius 1 is 1.50 bits per heavy atom. The SMILES string of the molecule is CC(C)c1ncoc1C(=O)NCc1cccnc1. The van der Waals surface area contributed by atoms with Crippen LogP contribution in [0.15, 0.2) is 35.3 Å². The van der Waals surface area contributed by atoms with E-state index in [1.54, 1.807) is 12.4 Å². The topological polar surface area (TPSA) is 68.0 Å². The highest BCUT2D eigenvalue weighted by atomic mass is 16.3. The molecule has 0 aliphatic rings. The lowest BCUT2D eigenvalue weighted by Gasteiger charge is -2.05. The second-order valence-electron chi connectivity index (χ2n) is 4.27. The fraction of sp³-hybridized carbons (Fsp3) is 0.308. The number of hydrogen-bond donors (Lipinski definition) is 1. The minimum Gasteiger partial charge on any atom is -0.438 e. The van der Waals surface area contributed by atoms with Gasteiger partial charge in [-0.05, 0) is 17.5 Å². The van der Waals surface area contributed by atoms with Gasteiger partial charge in [-0.15, -0.1) is 0 Å². The van der Waals surface area contributed by atoms with Crippen molar-refractivity contribution >= 4 is 5.91 Å². The molecule has 0 radical (unpaired) electrons. The van der Waals surface area contributed by atoms with Gasteiger partial charge in [0.1, 0.15) is 0 Å². The molecular formula is C13H15N3O2. The first-order chi connectivity index (χ1) is 8.68. The number of amides is 1. The average Bonchev–Trinajstić information content (AvgIpc) is 2.86. The second kappa shape index (κ2) is 5.44. The Labute approximate surface area is 105 Å². The zero-order valence-electron chi connectivity index (χ0n) is 10.4. The molecule has 2 rings (SSSR count). The summed E-state index contributed by atoms with van der Waals surface area (Å²) in [5, 5.41) is 2.78. The average molecular weight is 245 g/mol. The van der Waals surface area contributed by atoms with Crippen LogP contribution < -0.4 is 5.32 Å². The molecule has 0 saturated heterocycles. The lowest BCUT2D eigenvalue weighted by molar-refractivity contribution is 0.0921. The monoisotopic (exact) mass is 245 g/mol. The van der Waals surface area contributed by atoms with Crippen LogP contribution in [0.4, 0.5) is 0 Å². The highest BCUT2D eigenvalue weighted by molar-refractivity contribution is 5.92.